The number of aliphatic carboxylic acids is 1. The lowest BCUT2D eigenvalue weighted by molar-refractivity contribution is -0.137. The van der Waals surface area contributed by atoms with Crippen molar-refractivity contribution in [2.24, 2.45) is 0 Å². The van der Waals surface area contributed by atoms with E-state index < -0.39 is 11.9 Å². The molecule has 5 aromatic rings. The number of carboxylic acid groups (broad SMARTS) is 1. The molecule has 0 bridgehead atoms. The molecular weight excluding hydrogens is 422 g/mol. The summed E-state index contributed by atoms with van der Waals surface area (Å²) >= 11 is 0. The maximum Gasteiger partial charge on any atom is 0.303 e. The van der Waals surface area contributed by atoms with E-state index in [1.165, 1.54) is 10.8 Å². The van der Waals surface area contributed by atoms with Crippen LogP contribution in [0.3, 0.4) is 0 Å². The quantitative estimate of drug-likeness (QED) is 0.275. The van der Waals surface area contributed by atoms with Crippen molar-refractivity contribution in [1.29, 1.82) is 0 Å². The summed E-state index contributed by atoms with van der Waals surface area (Å²) < 4.78 is 2.22. The SMILES string of the molecule is Cc1ccc(C(=O)CC(CC(=O)O)c2ccc(-n3c4ccccc4c4ccccc43)cc2)cc1. The van der Waals surface area contributed by atoms with Crippen molar-refractivity contribution in [3.63, 3.8) is 0 Å². The predicted octanol–water partition coefficient (Wildman–Crippen LogP) is 6.92. The zero-order valence-electron chi connectivity index (χ0n) is 18.9. The van der Waals surface area contributed by atoms with Crippen LogP contribution in [0, 0.1) is 6.92 Å². The number of rotatable bonds is 7. The highest BCUT2D eigenvalue weighted by Crippen LogP contribution is 2.33. The smallest absolute Gasteiger partial charge is 0.303 e. The van der Waals surface area contributed by atoms with E-state index in [4.69, 9.17) is 0 Å². The van der Waals surface area contributed by atoms with E-state index in [1.54, 1.807) is 12.1 Å². The molecule has 0 amide bonds. The number of Topliss-reactive ketones (excluding diaryl/α,β-unsaturated/α-hetero) is 1. The molecule has 34 heavy (non-hydrogen) atoms. The molecule has 5 rings (SSSR count). The van der Waals surface area contributed by atoms with E-state index >= 15 is 0 Å². The van der Waals surface area contributed by atoms with Gasteiger partial charge >= 0.3 is 5.97 Å². The lowest BCUT2D eigenvalue weighted by Crippen LogP contribution is -2.12. The molecule has 0 aliphatic heterocycles. The number of hydrogen-bond donors (Lipinski definition) is 1. The molecule has 1 atom stereocenters. The van der Waals surface area contributed by atoms with Gasteiger partial charge in [0.15, 0.2) is 5.78 Å². The maximum absolute atomic E-state index is 12.9. The van der Waals surface area contributed by atoms with Crippen LogP contribution in [0.1, 0.15) is 40.2 Å². The number of carbonyl (C=O) groups is 2. The van der Waals surface area contributed by atoms with Crippen molar-refractivity contribution >= 4 is 33.6 Å². The third kappa shape index (κ3) is 4.11. The number of ketones is 1. The third-order valence-corrected chi connectivity index (χ3v) is 6.43. The second-order valence-corrected chi connectivity index (χ2v) is 8.75. The Morgan fingerprint density at radius 3 is 1.85 bits per heavy atom. The third-order valence-electron chi connectivity index (χ3n) is 6.43. The molecule has 1 N–H and O–H groups in total. The van der Waals surface area contributed by atoms with Gasteiger partial charge in [-0.25, -0.2) is 0 Å². The summed E-state index contributed by atoms with van der Waals surface area (Å²) in [5.74, 6) is -1.34. The second-order valence-electron chi connectivity index (χ2n) is 8.75. The van der Waals surface area contributed by atoms with Gasteiger partial charge in [0.1, 0.15) is 0 Å². The Morgan fingerprint density at radius 1 is 0.735 bits per heavy atom. The highest BCUT2D eigenvalue weighted by atomic mass is 16.4. The molecule has 4 nitrogen and oxygen atoms in total. The fourth-order valence-electron chi connectivity index (χ4n) is 4.70. The molecule has 0 aliphatic carbocycles. The molecule has 0 aliphatic rings. The van der Waals surface area contributed by atoms with Gasteiger partial charge in [-0.05, 0) is 36.8 Å². The van der Waals surface area contributed by atoms with E-state index in [1.807, 2.05) is 67.6 Å². The number of benzene rings is 4. The lowest BCUT2D eigenvalue weighted by Gasteiger charge is -2.16. The molecule has 0 radical (unpaired) electrons. The van der Waals surface area contributed by atoms with Crippen molar-refractivity contribution in [3.05, 3.63) is 114 Å². The zero-order chi connectivity index (χ0) is 23.7. The molecule has 168 valence electrons. The highest BCUT2D eigenvalue weighted by Gasteiger charge is 2.21. The molecule has 0 fully saturated rings. The van der Waals surface area contributed by atoms with Gasteiger partial charge in [0.2, 0.25) is 0 Å². The van der Waals surface area contributed by atoms with Gasteiger partial charge in [-0.3, -0.25) is 9.59 Å². The van der Waals surface area contributed by atoms with Gasteiger partial charge in [-0.2, -0.15) is 0 Å². The van der Waals surface area contributed by atoms with Crippen LogP contribution in [-0.4, -0.2) is 21.4 Å². The average molecular weight is 448 g/mol. The summed E-state index contributed by atoms with van der Waals surface area (Å²) in [6.45, 7) is 1.97. The van der Waals surface area contributed by atoms with Crippen molar-refractivity contribution < 1.29 is 14.7 Å². The number of nitrogens with zero attached hydrogens (tertiary/aromatic N) is 1. The first-order valence-electron chi connectivity index (χ1n) is 11.4. The fraction of sp³-hybridized carbons (Fsp3) is 0.133. The van der Waals surface area contributed by atoms with Crippen molar-refractivity contribution in [2.75, 3.05) is 0 Å². The van der Waals surface area contributed by atoms with Gasteiger partial charge in [0, 0.05) is 34.4 Å². The van der Waals surface area contributed by atoms with Crippen LogP contribution in [0.4, 0.5) is 0 Å². The molecule has 4 aromatic carbocycles. The van der Waals surface area contributed by atoms with Crippen LogP contribution in [0.25, 0.3) is 27.5 Å². The van der Waals surface area contributed by atoms with Gasteiger partial charge in [0.05, 0.1) is 17.5 Å². The van der Waals surface area contributed by atoms with Crippen LogP contribution < -0.4 is 0 Å². The van der Waals surface area contributed by atoms with Crippen LogP contribution in [-0.2, 0) is 4.79 Å². The lowest BCUT2D eigenvalue weighted by atomic mass is 9.88. The molecule has 0 spiro atoms. The largest absolute Gasteiger partial charge is 0.481 e. The van der Waals surface area contributed by atoms with Crippen molar-refractivity contribution in [2.45, 2.75) is 25.7 Å². The van der Waals surface area contributed by atoms with Crippen molar-refractivity contribution in [1.82, 2.24) is 4.57 Å². The molecule has 1 unspecified atom stereocenters. The minimum Gasteiger partial charge on any atom is -0.481 e. The minimum atomic E-state index is -0.909. The van der Waals surface area contributed by atoms with Gasteiger partial charge in [-0.1, -0.05) is 78.4 Å². The molecule has 4 heteroatoms. The van der Waals surface area contributed by atoms with Crippen LogP contribution >= 0.6 is 0 Å². The number of carboxylic acids is 1. The summed E-state index contributed by atoms with van der Waals surface area (Å²) in [4.78, 5) is 24.4. The predicted molar refractivity (Wildman–Crippen MR) is 136 cm³/mol. The van der Waals surface area contributed by atoms with E-state index in [0.717, 1.165) is 27.8 Å². The standard InChI is InChI=1S/C30H25NO3/c1-20-10-12-22(13-11-20)29(32)18-23(19-30(33)34)21-14-16-24(17-15-21)31-27-8-4-2-6-25(27)26-7-3-5-9-28(26)31/h2-17,23H,18-19H2,1H3,(H,33,34). The summed E-state index contributed by atoms with van der Waals surface area (Å²) in [6.07, 6.45) is 0.0659. The normalized spacial score (nSPS) is 12.1. The second kappa shape index (κ2) is 8.99. The zero-order valence-corrected chi connectivity index (χ0v) is 18.9. The van der Waals surface area contributed by atoms with Crippen molar-refractivity contribution in [3.8, 4) is 5.69 Å². The number of carbonyl (C=O) groups excluding carboxylic acids is 1. The van der Waals surface area contributed by atoms with E-state index in [0.29, 0.717) is 5.56 Å². The van der Waals surface area contributed by atoms with Crippen LogP contribution in [0.2, 0.25) is 0 Å². The monoisotopic (exact) mass is 447 g/mol. The first kappa shape index (κ1) is 21.7. The Morgan fingerprint density at radius 2 is 1.29 bits per heavy atom. The highest BCUT2D eigenvalue weighted by molar-refractivity contribution is 6.09. The topological polar surface area (TPSA) is 59.3 Å². The Kier molecular flexibility index (Phi) is 5.72. The minimum absolute atomic E-state index is 0.0438. The molecular formula is C30H25NO3. The number of aryl methyl sites for hydroxylation is 1. The summed E-state index contributed by atoms with van der Waals surface area (Å²) in [7, 11) is 0. The summed E-state index contributed by atoms with van der Waals surface area (Å²) in [5, 5.41) is 11.9. The van der Waals surface area contributed by atoms with Gasteiger partial charge in [0.25, 0.3) is 0 Å². The maximum atomic E-state index is 12.9. The molecule has 0 saturated heterocycles. The van der Waals surface area contributed by atoms with E-state index in [2.05, 4.69) is 28.8 Å². The first-order chi connectivity index (χ1) is 16.5. The Hall–Kier alpha value is -4.18. The van der Waals surface area contributed by atoms with E-state index in [9.17, 15) is 14.7 Å². The number of aromatic nitrogens is 1. The Labute approximate surface area is 198 Å². The molecule has 1 heterocycles. The molecule has 1 aromatic heterocycles. The van der Waals surface area contributed by atoms with E-state index in [-0.39, 0.29) is 18.6 Å². The summed E-state index contributed by atoms with van der Waals surface area (Å²) in [6, 6.07) is 32.0. The average Bonchev–Trinajstić information content (AvgIpc) is 3.18. The molecule has 0 saturated carbocycles. The first-order valence-corrected chi connectivity index (χ1v) is 11.4. The Balaban J connectivity index is 1.50. The Bertz CT molecular complexity index is 1440. The number of hydrogen-bond acceptors (Lipinski definition) is 2. The van der Waals surface area contributed by atoms with Gasteiger partial charge in [-0.15, -0.1) is 0 Å². The van der Waals surface area contributed by atoms with Crippen LogP contribution in [0.15, 0.2) is 97.1 Å². The van der Waals surface area contributed by atoms with Crippen LogP contribution in [0.5, 0.6) is 0 Å². The fourth-order valence-corrected chi connectivity index (χ4v) is 4.70. The van der Waals surface area contributed by atoms with Gasteiger partial charge < -0.3 is 9.67 Å². The number of para-hydroxylation sites is 2. The number of fused-ring (bicyclic) bond motifs is 3. The summed E-state index contributed by atoms with van der Waals surface area (Å²) in [5.41, 5.74) is 5.79.